The van der Waals surface area contributed by atoms with E-state index in [1.54, 1.807) is 38.1 Å². The van der Waals surface area contributed by atoms with Gasteiger partial charge in [-0.25, -0.2) is 9.79 Å². The molecule has 0 saturated carbocycles. The first-order valence-corrected chi connectivity index (χ1v) is 13.9. The summed E-state index contributed by atoms with van der Waals surface area (Å²) in [4.78, 5) is 47.7. The van der Waals surface area contributed by atoms with Crippen molar-refractivity contribution in [3.05, 3.63) is 59.4 Å². The number of aromatic nitrogens is 1. The summed E-state index contributed by atoms with van der Waals surface area (Å²) in [7, 11) is 1.37. The maximum atomic E-state index is 12.8. The first-order chi connectivity index (χ1) is 20.8. The van der Waals surface area contributed by atoms with Gasteiger partial charge in [-0.1, -0.05) is 49.2 Å². The van der Waals surface area contributed by atoms with Gasteiger partial charge in [0.2, 0.25) is 5.60 Å². The van der Waals surface area contributed by atoms with Crippen molar-refractivity contribution in [1.29, 1.82) is 5.26 Å². The van der Waals surface area contributed by atoms with Gasteiger partial charge in [0, 0.05) is 7.11 Å². The van der Waals surface area contributed by atoms with E-state index in [1.165, 1.54) is 33.1 Å². The van der Waals surface area contributed by atoms with E-state index < -0.39 is 60.0 Å². The number of hydrogen-bond acceptors (Lipinski definition) is 10. The maximum absolute atomic E-state index is 12.8. The third-order valence-corrected chi connectivity index (χ3v) is 7.24. The summed E-state index contributed by atoms with van der Waals surface area (Å²) in [6.07, 6.45) is -3.40. The number of methoxy groups -OCH3 is 1. The molecule has 0 bridgehead atoms. The number of aromatic amines is 1. The number of carbonyl (C=O) groups excluding carboxylic acids is 3. The number of rotatable bonds is 11. The van der Waals surface area contributed by atoms with E-state index in [0.717, 1.165) is 6.34 Å². The van der Waals surface area contributed by atoms with E-state index >= 15 is 0 Å². The van der Waals surface area contributed by atoms with Crippen LogP contribution in [-0.2, 0) is 45.4 Å². The molecule has 1 aliphatic heterocycles. The van der Waals surface area contributed by atoms with Crippen LogP contribution in [0.25, 0.3) is 0 Å². The molecule has 3 rings (SSSR count). The van der Waals surface area contributed by atoms with Crippen molar-refractivity contribution in [2.24, 2.45) is 22.4 Å². The van der Waals surface area contributed by atoms with Crippen molar-refractivity contribution in [1.82, 2.24) is 4.98 Å². The van der Waals surface area contributed by atoms with Crippen LogP contribution in [0.3, 0.4) is 0 Å². The smallest absolute Gasteiger partial charge is 0.347 e. The Kier molecular flexibility index (Phi) is 11.1. The highest BCUT2D eigenvalue weighted by molar-refractivity contribution is 6.01. The molecule has 1 fully saturated rings. The zero-order valence-corrected chi connectivity index (χ0v) is 25.3. The SMILES string of the molecule is COC(C)(C)C(=O)N=C([NH+]=CN)c1ccc([C@]2(C#N)O[C@H](COC(=O)Cc3ccccc3)[C@@H](OC(=O)C(N)C(C)C)[C@H]2O)[nH]1. The Labute approximate surface area is 255 Å². The normalized spacial score (nSPS) is 23.0. The Morgan fingerprint density at radius 3 is 2.52 bits per heavy atom. The number of H-pyrrole nitrogens is 1. The average Bonchev–Trinajstić information content (AvgIpc) is 3.59. The number of nitriles is 1. The standard InChI is InChI=1S/C30H38N6O8/c1-17(2)23(33)27(39)43-24-20(14-42-22(37)13-18-9-7-6-8-10-18)44-30(15-31,25(24)38)21-12-11-19(35-21)26(34-16-32)36-28(40)29(3,4)41-5/h6-12,16-17,20,23-25,35,38H,13-14,33H2,1-5H3,(H2,32,34,36,40)/p+1/t20-,23?,24-,25-,30+/m1/s1. The first-order valence-electron chi connectivity index (χ1n) is 13.9. The number of nitrogens with two attached hydrogens (primary N) is 2. The van der Waals surface area contributed by atoms with Crippen LogP contribution in [0.5, 0.6) is 0 Å². The van der Waals surface area contributed by atoms with Crippen molar-refractivity contribution >= 4 is 30.0 Å². The molecule has 14 nitrogen and oxygen atoms in total. The number of nitrogens with zero attached hydrogens (tertiary/aromatic N) is 2. The molecule has 5 atom stereocenters. The van der Waals surface area contributed by atoms with Crippen molar-refractivity contribution in [2.75, 3.05) is 13.7 Å². The Hall–Kier alpha value is -4.42. The average molecular weight is 612 g/mol. The van der Waals surface area contributed by atoms with Gasteiger partial charge in [-0.3, -0.25) is 9.59 Å². The van der Waals surface area contributed by atoms with E-state index in [0.29, 0.717) is 5.56 Å². The van der Waals surface area contributed by atoms with Gasteiger partial charge in [0.15, 0.2) is 18.0 Å². The summed E-state index contributed by atoms with van der Waals surface area (Å²) in [6.45, 7) is 6.08. The van der Waals surface area contributed by atoms with Crippen LogP contribution in [0.15, 0.2) is 47.5 Å². The highest BCUT2D eigenvalue weighted by atomic mass is 16.6. The highest BCUT2D eigenvalue weighted by Gasteiger charge is 2.59. The minimum absolute atomic E-state index is 0.00766. The van der Waals surface area contributed by atoms with E-state index in [9.17, 15) is 24.8 Å². The van der Waals surface area contributed by atoms with Crippen LogP contribution in [0.4, 0.5) is 0 Å². The molecule has 2 heterocycles. The summed E-state index contributed by atoms with van der Waals surface area (Å²) in [6, 6.07) is 12.8. The Morgan fingerprint density at radius 1 is 1.25 bits per heavy atom. The summed E-state index contributed by atoms with van der Waals surface area (Å²) in [5, 5.41) is 21.8. The first kappa shape index (κ1) is 34.1. The largest absolute Gasteiger partial charge is 0.463 e. The molecule has 236 valence electrons. The molecule has 0 aliphatic carbocycles. The lowest BCUT2D eigenvalue weighted by atomic mass is 9.92. The number of amidine groups is 1. The number of aliphatic hydroxyl groups is 1. The number of amides is 1. The van der Waals surface area contributed by atoms with Crippen LogP contribution in [0.1, 0.15) is 44.6 Å². The molecule has 1 saturated heterocycles. The number of nitrogens with one attached hydrogen (secondary N) is 2. The van der Waals surface area contributed by atoms with Gasteiger partial charge in [-0.2, -0.15) is 5.26 Å². The molecule has 2 aromatic rings. The molecule has 7 N–H and O–H groups in total. The lowest BCUT2D eigenvalue weighted by Crippen LogP contribution is -2.76. The lowest BCUT2D eigenvalue weighted by Gasteiger charge is -2.25. The van der Waals surface area contributed by atoms with Crippen molar-refractivity contribution in [3.8, 4) is 6.07 Å². The molecule has 0 spiro atoms. The van der Waals surface area contributed by atoms with Gasteiger partial charge in [-0.15, -0.1) is 0 Å². The summed E-state index contributed by atoms with van der Waals surface area (Å²) in [5.74, 6) is -2.34. The van der Waals surface area contributed by atoms with Crippen LogP contribution < -0.4 is 16.5 Å². The molecular weight excluding hydrogens is 572 g/mol. The van der Waals surface area contributed by atoms with Gasteiger partial charge in [0.25, 0.3) is 5.84 Å². The molecule has 0 radical (unpaired) electrons. The molecule has 1 aromatic heterocycles. The third-order valence-electron chi connectivity index (χ3n) is 7.24. The van der Waals surface area contributed by atoms with Crippen molar-refractivity contribution in [3.63, 3.8) is 0 Å². The molecule has 1 aromatic carbocycles. The quantitative estimate of drug-likeness (QED) is 0.117. The number of benzene rings is 1. The summed E-state index contributed by atoms with van der Waals surface area (Å²) < 4.78 is 22.2. The number of hydrogen-bond donors (Lipinski definition) is 5. The number of ether oxygens (including phenoxy) is 4. The van der Waals surface area contributed by atoms with Crippen LogP contribution >= 0.6 is 0 Å². The monoisotopic (exact) mass is 611 g/mol. The van der Waals surface area contributed by atoms with Crippen molar-refractivity contribution in [2.45, 2.75) is 69.7 Å². The number of esters is 2. The Bertz CT molecular complexity index is 1430. The molecule has 44 heavy (non-hydrogen) atoms. The predicted molar refractivity (Wildman–Crippen MR) is 157 cm³/mol. The third kappa shape index (κ3) is 7.56. The van der Waals surface area contributed by atoms with Crippen molar-refractivity contribution < 1.29 is 43.4 Å². The second-order valence-corrected chi connectivity index (χ2v) is 11.0. The van der Waals surface area contributed by atoms with Crippen LogP contribution in [-0.4, -0.2) is 83.8 Å². The minimum Gasteiger partial charge on any atom is -0.463 e. The Balaban J connectivity index is 1.94. The zero-order valence-electron chi connectivity index (χ0n) is 25.3. The second kappa shape index (κ2) is 14.4. The lowest BCUT2D eigenvalue weighted by molar-refractivity contribution is -0.309. The van der Waals surface area contributed by atoms with E-state index in [2.05, 4.69) is 15.0 Å². The second-order valence-electron chi connectivity index (χ2n) is 11.0. The van der Waals surface area contributed by atoms with E-state index in [1.807, 2.05) is 12.1 Å². The molecule has 14 heteroatoms. The van der Waals surface area contributed by atoms with Gasteiger partial charge in [-0.05, 0) is 37.5 Å². The molecule has 1 unspecified atom stereocenters. The van der Waals surface area contributed by atoms with Gasteiger partial charge in [0.1, 0.15) is 36.6 Å². The predicted octanol–water partition coefficient (Wildman–Crippen LogP) is -1.06. The fourth-order valence-electron chi connectivity index (χ4n) is 4.25. The van der Waals surface area contributed by atoms with Crippen LogP contribution in [0.2, 0.25) is 0 Å². The fraction of sp³-hybridized carbons (Fsp3) is 0.467. The fourth-order valence-corrected chi connectivity index (χ4v) is 4.25. The molecular formula is C30H39N6O8+. The van der Waals surface area contributed by atoms with Gasteiger partial charge < -0.3 is 40.5 Å². The Morgan fingerprint density at radius 2 is 1.93 bits per heavy atom. The number of carbonyl (C=O) groups is 3. The number of aliphatic imine (C=N–C) groups is 1. The number of aliphatic hydroxyl groups excluding tert-OH is 1. The topological polar surface area (TPSA) is 226 Å². The van der Waals surface area contributed by atoms with E-state index in [4.69, 9.17) is 30.4 Å². The zero-order chi connectivity index (χ0) is 32.7. The highest BCUT2D eigenvalue weighted by Crippen LogP contribution is 2.41. The molecule has 1 amide bonds. The van der Waals surface area contributed by atoms with Gasteiger partial charge >= 0.3 is 17.8 Å². The summed E-state index contributed by atoms with van der Waals surface area (Å²) >= 11 is 0. The minimum atomic E-state index is -2.12. The van der Waals surface area contributed by atoms with Crippen LogP contribution in [0, 0.1) is 17.2 Å². The summed E-state index contributed by atoms with van der Waals surface area (Å²) in [5.41, 5.74) is 9.11. The van der Waals surface area contributed by atoms with Gasteiger partial charge in [0.05, 0.1) is 12.1 Å². The molecule has 1 aliphatic rings. The maximum Gasteiger partial charge on any atom is 0.347 e. The van der Waals surface area contributed by atoms with E-state index in [-0.39, 0.29) is 29.6 Å².